The van der Waals surface area contributed by atoms with E-state index >= 15 is 0 Å². The molecule has 0 aromatic heterocycles. The van der Waals surface area contributed by atoms with E-state index in [1.165, 1.54) is 17.5 Å². The summed E-state index contributed by atoms with van der Waals surface area (Å²) < 4.78 is 32.0. The highest BCUT2D eigenvalue weighted by Gasteiger charge is 2.34. The Morgan fingerprint density at radius 3 is 2.30 bits per heavy atom. The molecule has 0 aliphatic carbocycles. The molecule has 0 amide bonds. The lowest BCUT2D eigenvalue weighted by Crippen LogP contribution is -2.42. The van der Waals surface area contributed by atoms with E-state index in [0.29, 0.717) is 11.4 Å². The number of rotatable bonds is 4. The quantitative estimate of drug-likeness (QED) is 0.866. The second kappa shape index (κ2) is 5.61. The molecule has 0 fully saturated rings. The molecule has 114 valence electrons. The Kier molecular flexibility index (Phi) is 4.71. The van der Waals surface area contributed by atoms with Crippen molar-refractivity contribution in [2.45, 2.75) is 38.6 Å². The molecule has 0 spiro atoms. The summed E-state index contributed by atoms with van der Waals surface area (Å²) in [6.07, 6.45) is 0. The van der Waals surface area contributed by atoms with Crippen LogP contribution in [0.5, 0.6) is 5.75 Å². The van der Waals surface area contributed by atoms with Crippen molar-refractivity contribution in [1.82, 2.24) is 4.31 Å². The molecule has 0 saturated heterocycles. The van der Waals surface area contributed by atoms with E-state index in [-0.39, 0.29) is 16.4 Å². The molecule has 20 heavy (non-hydrogen) atoms. The van der Waals surface area contributed by atoms with Crippen molar-refractivity contribution < 1.29 is 13.2 Å². The highest BCUT2D eigenvalue weighted by molar-refractivity contribution is 7.89. The van der Waals surface area contributed by atoms with Crippen LogP contribution in [-0.4, -0.2) is 32.9 Å². The number of nitrogens with zero attached hydrogens (tertiary/aromatic N) is 1. The SMILES string of the molecule is COc1ccc(N)cc1S(=O)(=O)N(C)C(C)C(C)(C)C. The maximum atomic E-state index is 12.7. The second-order valence-electron chi connectivity index (χ2n) is 5.97. The maximum absolute atomic E-state index is 12.7. The maximum Gasteiger partial charge on any atom is 0.246 e. The van der Waals surface area contributed by atoms with Crippen molar-refractivity contribution in [2.24, 2.45) is 5.41 Å². The van der Waals surface area contributed by atoms with Gasteiger partial charge in [-0.15, -0.1) is 0 Å². The summed E-state index contributed by atoms with van der Waals surface area (Å²) in [6.45, 7) is 7.89. The highest BCUT2D eigenvalue weighted by atomic mass is 32.2. The summed E-state index contributed by atoms with van der Waals surface area (Å²) in [6, 6.07) is 4.45. The van der Waals surface area contributed by atoms with Crippen molar-refractivity contribution in [2.75, 3.05) is 19.9 Å². The second-order valence-corrected chi connectivity index (χ2v) is 7.94. The first-order chi connectivity index (χ1) is 9.01. The van der Waals surface area contributed by atoms with Crippen LogP contribution in [0.25, 0.3) is 0 Å². The number of benzene rings is 1. The normalized spacial score (nSPS) is 14.3. The Morgan fingerprint density at radius 2 is 1.85 bits per heavy atom. The van der Waals surface area contributed by atoms with E-state index in [1.54, 1.807) is 19.2 Å². The number of nitrogen functional groups attached to an aromatic ring is 1. The molecule has 0 aliphatic heterocycles. The molecule has 1 atom stereocenters. The summed E-state index contributed by atoms with van der Waals surface area (Å²) in [5.41, 5.74) is 5.92. The highest BCUT2D eigenvalue weighted by Crippen LogP contribution is 2.32. The fourth-order valence-electron chi connectivity index (χ4n) is 1.80. The van der Waals surface area contributed by atoms with Crippen LogP contribution in [0.3, 0.4) is 0 Å². The van der Waals surface area contributed by atoms with Gasteiger partial charge in [0.15, 0.2) is 0 Å². The number of hydrogen-bond acceptors (Lipinski definition) is 4. The summed E-state index contributed by atoms with van der Waals surface area (Å²) in [5, 5.41) is 0. The van der Waals surface area contributed by atoms with Crippen molar-refractivity contribution in [3.63, 3.8) is 0 Å². The minimum atomic E-state index is -3.66. The van der Waals surface area contributed by atoms with Gasteiger partial charge in [0.2, 0.25) is 10.0 Å². The van der Waals surface area contributed by atoms with Crippen molar-refractivity contribution in [3.05, 3.63) is 18.2 Å². The van der Waals surface area contributed by atoms with Gasteiger partial charge in [-0.3, -0.25) is 0 Å². The molecule has 1 rings (SSSR count). The molecule has 0 saturated carbocycles. The van der Waals surface area contributed by atoms with Crippen LogP contribution in [0.4, 0.5) is 5.69 Å². The van der Waals surface area contributed by atoms with E-state index in [1.807, 2.05) is 27.7 Å². The van der Waals surface area contributed by atoms with Gasteiger partial charge in [-0.05, 0) is 30.5 Å². The van der Waals surface area contributed by atoms with E-state index in [0.717, 1.165) is 0 Å². The number of ether oxygens (including phenoxy) is 1. The fourth-order valence-corrected chi connectivity index (χ4v) is 3.54. The average Bonchev–Trinajstić information content (AvgIpc) is 2.35. The van der Waals surface area contributed by atoms with Gasteiger partial charge in [0.1, 0.15) is 10.6 Å². The third-order valence-corrected chi connectivity index (χ3v) is 5.59. The number of nitrogens with two attached hydrogens (primary N) is 1. The molecule has 1 unspecified atom stereocenters. The zero-order valence-electron chi connectivity index (χ0n) is 13.0. The summed E-state index contributed by atoms with van der Waals surface area (Å²) in [4.78, 5) is 0.0959. The van der Waals surface area contributed by atoms with Crippen LogP contribution in [0.1, 0.15) is 27.7 Å². The zero-order valence-corrected chi connectivity index (χ0v) is 13.8. The van der Waals surface area contributed by atoms with E-state index in [4.69, 9.17) is 10.5 Å². The first kappa shape index (κ1) is 16.8. The standard InChI is InChI=1S/C14H24N2O3S/c1-10(14(2,3)4)16(5)20(17,18)13-9-11(15)7-8-12(13)19-6/h7-10H,15H2,1-6H3. The van der Waals surface area contributed by atoms with E-state index in [9.17, 15) is 8.42 Å². The summed E-state index contributed by atoms with van der Waals surface area (Å²) in [5.74, 6) is 0.298. The molecule has 0 bridgehead atoms. The molecule has 0 radical (unpaired) electrons. The number of hydrogen-bond donors (Lipinski definition) is 1. The van der Waals surface area contributed by atoms with Crippen LogP contribution in [0, 0.1) is 5.41 Å². The summed E-state index contributed by atoms with van der Waals surface area (Å²) in [7, 11) is -0.639. The monoisotopic (exact) mass is 300 g/mol. The van der Waals surface area contributed by atoms with Gasteiger partial charge in [0, 0.05) is 18.8 Å². The number of sulfonamides is 1. The minimum absolute atomic E-state index is 0.0959. The molecule has 2 N–H and O–H groups in total. The van der Waals surface area contributed by atoms with Crippen LogP contribution >= 0.6 is 0 Å². The third-order valence-electron chi connectivity index (χ3n) is 3.64. The first-order valence-electron chi connectivity index (χ1n) is 6.43. The molecule has 1 aromatic carbocycles. The fraction of sp³-hybridized carbons (Fsp3) is 0.571. The van der Waals surface area contributed by atoms with Gasteiger partial charge < -0.3 is 10.5 Å². The van der Waals surface area contributed by atoms with Gasteiger partial charge in [0.05, 0.1) is 7.11 Å². The Labute approximate surface area is 121 Å². The topological polar surface area (TPSA) is 72.6 Å². The van der Waals surface area contributed by atoms with E-state index < -0.39 is 10.0 Å². The Morgan fingerprint density at radius 1 is 1.30 bits per heavy atom. The number of methoxy groups -OCH3 is 1. The van der Waals surface area contributed by atoms with E-state index in [2.05, 4.69) is 0 Å². The first-order valence-corrected chi connectivity index (χ1v) is 7.87. The van der Waals surface area contributed by atoms with Crippen LogP contribution in [0.2, 0.25) is 0 Å². The Bertz CT molecular complexity index is 577. The summed E-state index contributed by atoms with van der Waals surface area (Å²) >= 11 is 0. The predicted octanol–water partition coefficient (Wildman–Crippen LogP) is 2.33. The molecule has 0 aliphatic rings. The smallest absolute Gasteiger partial charge is 0.246 e. The van der Waals surface area contributed by atoms with Crippen LogP contribution in [0.15, 0.2) is 23.1 Å². The van der Waals surface area contributed by atoms with Gasteiger partial charge in [-0.25, -0.2) is 8.42 Å². The zero-order chi connectivity index (χ0) is 15.7. The van der Waals surface area contributed by atoms with Crippen molar-refractivity contribution >= 4 is 15.7 Å². The molecule has 1 aromatic rings. The van der Waals surface area contributed by atoms with Crippen molar-refractivity contribution in [3.8, 4) is 5.75 Å². The Balaban J connectivity index is 3.34. The van der Waals surface area contributed by atoms with Gasteiger partial charge >= 0.3 is 0 Å². The third kappa shape index (κ3) is 3.24. The molecule has 0 heterocycles. The van der Waals surface area contributed by atoms with Crippen molar-refractivity contribution in [1.29, 1.82) is 0 Å². The average molecular weight is 300 g/mol. The lowest BCUT2D eigenvalue weighted by Gasteiger charge is -2.34. The lowest BCUT2D eigenvalue weighted by atomic mass is 9.88. The Hall–Kier alpha value is -1.27. The number of anilines is 1. The van der Waals surface area contributed by atoms with Gasteiger partial charge in [0.25, 0.3) is 0 Å². The molecule has 6 heteroatoms. The molecular weight excluding hydrogens is 276 g/mol. The molecule has 5 nitrogen and oxygen atoms in total. The lowest BCUT2D eigenvalue weighted by molar-refractivity contribution is 0.216. The van der Waals surface area contributed by atoms with Gasteiger partial charge in [-0.1, -0.05) is 20.8 Å². The predicted molar refractivity (Wildman–Crippen MR) is 81.3 cm³/mol. The molecular formula is C14H24N2O3S. The van der Waals surface area contributed by atoms with Crippen LogP contribution in [-0.2, 0) is 10.0 Å². The van der Waals surface area contributed by atoms with Crippen LogP contribution < -0.4 is 10.5 Å². The minimum Gasteiger partial charge on any atom is -0.495 e. The largest absolute Gasteiger partial charge is 0.495 e. The van der Waals surface area contributed by atoms with Gasteiger partial charge in [-0.2, -0.15) is 4.31 Å².